The predicted octanol–water partition coefficient (Wildman–Crippen LogP) is 3.02. The number of hydrogen-bond donors (Lipinski definition) is 2. The Labute approximate surface area is 155 Å². The van der Waals surface area contributed by atoms with Crippen LogP contribution in [0.25, 0.3) is 6.08 Å². The summed E-state index contributed by atoms with van der Waals surface area (Å²) in [7, 11) is 1.58. The lowest BCUT2D eigenvalue weighted by Gasteiger charge is -2.06. The van der Waals surface area contributed by atoms with E-state index >= 15 is 0 Å². The Morgan fingerprint density at radius 3 is 2.60 bits per heavy atom. The molecule has 0 unspecified atom stereocenters. The molecule has 0 radical (unpaired) electrons. The Morgan fingerprint density at radius 1 is 1.16 bits per heavy atom. The number of benzene rings is 2. The zero-order valence-electron chi connectivity index (χ0n) is 13.8. The number of rotatable bonds is 7. The molecule has 0 heterocycles. The molecule has 0 aromatic heterocycles. The van der Waals surface area contributed by atoms with Gasteiger partial charge in [0.25, 0.3) is 5.91 Å². The smallest absolute Gasteiger partial charge is 0.251 e. The molecule has 0 fully saturated rings. The van der Waals surface area contributed by atoms with E-state index in [4.69, 9.17) is 4.74 Å². The van der Waals surface area contributed by atoms with Crippen molar-refractivity contribution in [3.05, 3.63) is 70.2 Å². The fourth-order valence-corrected chi connectivity index (χ4v) is 2.40. The molecular formula is C19H19BrN2O3. The summed E-state index contributed by atoms with van der Waals surface area (Å²) in [6.45, 7) is 0.794. The largest absolute Gasteiger partial charge is 0.492 e. The lowest BCUT2D eigenvalue weighted by molar-refractivity contribution is -0.116. The summed E-state index contributed by atoms with van der Waals surface area (Å²) in [4.78, 5) is 23.2. The minimum Gasteiger partial charge on any atom is -0.492 e. The number of amides is 2. The van der Waals surface area contributed by atoms with E-state index < -0.39 is 0 Å². The maximum atomic E-state index is 11.8. The fourth-order valence-electron chi connectivity index (χ4n) is 2.02. The standard InChI is InChI=1S/C19H19BrN2O3/c1-21-19(24)15-8-5-14(6-9-15)7-10-18(23)22-11-12-25-17-4-2-3-16(20)13-17/h2-10,13H,11-12H2,1H3,(H,21,24)(H,22,23)/b10-7+. The normalized spacial score (nSPS) is 10.5. The molecule has 0 bridgehead atoms. The van der Waals surface area contributed by atoms with Gasteiger partial charge in [-0.3, -0.25) is 9.59 Å². The second-order valence-electron chi connectivity index (χ2n) is 5.13. The third-order valence-corrected chi connectivity index (χ3v) is 3.79. The molecule has 2 aromatic rings. The highest BCUT2D eigenvalue weighted by atomic mass is 79.9. The van der Waals surface area contributed by atoms with E-state index in [1.54, 1.807) is 37.4 Å². The summed E-state index contributed by atoms with van der Waals surface area (Å²) in [6.07, 6.45) is 3.14. The van der Waals surface area contributed by atoms with Gasteiger partial charge in [0, 0.05) is 23.2 Å². The topological polar surface area (TPSA) is 67.4 Å². The Kier molecular flexibility index (Phi) is 7.22. The van der Waals surface area contributed by atoms with Crippen LogP contribution in [0.2, 0.25) is 0 Å². The van der Waals surface area contributed by atoms with Gasteiger partial charge in [0.2, 0.25) is 5.91 Å². The molecule has 2 rings (SSSR count). The van der Waals surface area contributed by atoms with Gasteiger partial charge in [-0.15, -0.1) is 0 Å². The average Bonchev–Trinajstić information content (AvgIpc) is 2.63. The molecule has 0 aliphatic heterocycles. The van der Waals surface area contributed by atoms with Crippen molar-refractivity contribution in [1.82, 2.24) is 10.6 Å². The number of carbonyl (C=O) groups excluding carboxylic acids is 2. The molecule has 0 spiro atoms. The molecule has 0 atom stereocenters. The van der Waals surface area contributed by atoms with E-state index in [0.717, 1.165) is 15.8 Å². The number of carbonyl (C=O) groups is 2. The molecular weight excluding hydrogens is 384 g/mol. The van der Waals surface area contributed by atoms with Crippen molar-refractivity contribution in [2.24, 2.45) is 0 Å². The summed E-state index contributed by atoms with van der Waals surface area (Å²) in [5.41, 5.74) is 1.42. The molecule has 2 aromatic carbocycles. The van der Waals surface area contributed by atoms with Crippen molar-refractivity contribution >= 4 is 33.8 Å². The minimum absolute atomic E-state index is 0.140. The predicted molar refractivity (Wildman–Crippen MR) is 102 cm³/mol. The molecule has 2 N–H and O–H groups in total. The second-order valence-corrected chi connectivity index (χ2v) is 6.05. The van der Waals surface area contributed by atoms with Gasteiger partial charge >= 0.3 is 0 Å². The maximum Gasteiger partial charge on any atom is 0.251 e. The average molecular weight is 403 g/mol. The minimum atomic E-state index is -0.201. The molecule has 130 valence electrons. The first kappa shape index (κ1) is 18.7. The van der Waals surface area contributed by atoms with Crippen LogP contribution in [0.1, 0.15) is 15.9 Å². The van der Waals surface area contributed by atoms with Crippen molar-refractivity contribution in [3.63, 3.8) is 0 Å². The van der Waals surface area contributed by atoms with E-state index in [9.17, 15) is 9.59 Å². The van der Waals surface area contributed by atoms with Gasteiger partial charge in [-0.1, -0.05) is 34.1 Å². The summed E-state index contributed by atoms with van der Waals surface area (Å²) in [6, 6.07) is 14.5. The van der Waals surface area contributed by atoms with Crippen LogP contribution >= 0.6 is 15.9 Å². The van der Waals surface area contributed by atoms with Crippen LogP contribution in [0.4, 0.5) is 0 Å². The van der Waals surface area contributed by atoms with E-state index in [-0.39, 0.29) is 11.8 Å². The third-order valence-electron chi connectivity index (χ3n) is 3.29. The van der Waals surface area contributed by atoms with Crippen LogP contribution < -0.4 is 15.4 Å². The first-order chi connectivity index (χ1) is 12.1. The van der Waals surface area contributed by atoms with Gasteiger partial charge in [-0.2, -0.15) is 0 Å². The summed E-state index contributed by atoms with van der Waals surface area (Å²) < 4.78 is 6.48. The van der Waals surface area contributed by atoms with Gasteiger partial charge in [0.1, 0.15) is 12.4 Å². The van der Waals surface area contributed by atoms with Crippen molar-refractivity contribution in [3.8, 4) is 5.75 Å². The first-order valence-electron chi connectivity index (χ1n) is 7.75. The summed E-state index contributed by atoms with van der Waals surface area (Å²) >= 11 is 3.37. The van der Waals surface area contributed by atoms with Crippen molar-refractivity contribution in [2.45, 2.75) is 0 Å². The van der Waals surface area contributed by atoms with Gasteiger partial charge < -0.3 is 15.4 Å². The van der Waals surface area contributed by atoms with Crippen LogP contribution in [0.3, 0.4) is 0 Å². The second kappa shape index (κ2) is 9.64. The van der Waals surface area contributed by atoms with E-state index in [0.29, 0.717) is 18.7 Å². The summed E-state index contributed by atoms with van der Waals surface area (Å²) in [5.74, 6) is 0.405. The lowest BCUT2D eigenvalue weighted by atomic mass is 10.1. The Hall–Kier alpha value is -2.60. The van der Waals surface area contributed by atoms with Crippen LogP contribution in [-0.2, 0) is 4.79 Å². The molecule has 0 aliphatic rings. The Balaban J connectivity index is 1.74. The van der Waals surface area contributed by atoms with E-state index in [1.807, 2.05) is 24.3 Å². The van der Waals surface area contributed by atoms with Gasteiger partial charge in [-0.05, 0) is 42.0 Å². The van der Waals surface area contributed by atoms with Gasteiger partial charge in [0.05, 0.1) is 6.54 Å². The van der Waals surface area contributed by atoms with Crippen LogP contribution in [0.5, 0.6) is 5.75 Å². The lowest BCUT2D eigenvalue weighted by Crippen LogP contribution is -2.26. The number of ether oxygens (including phenoxy) is 1. The molecule has 0 saturated heterocycles. The van der Waals surface area contributed by atoms with Crippen LogP contribution in [-0.4, -0.2) is 32.0 Å². The van der Waals surface area contributed by atoms with Crippen molar-refractivity contribution in [1.29, 1.82) is 0 Å². The SMILES string of the molecule is CNC(=O)c1ccc(/C=C/C(=O)NCCOc2cccc(Br)c2)cc1. The maximum absolute atomic E-state index is 11.8. The number of halogens is 1. The molecule has 0 saturated carbocycles. The number of hydrogen-bond acceptors (Lipinski definition) is 3. The molecule has 5 nitrogen and oxygen atoms in total. The molecule has 0 aliphatic carbocycles. The van der Waals surface area contributed by atoms with Gasteiger partial charge in [0.15, 0.2) is 0 Å². The highest BCUT2D eigenvalue weighted by molar-refractivity contribution is 9.10. The third kappa shape index (κ3) is 6.43. The first-order valence-corrected chi connectivity index (χ1v) is 8.54. The quantitative estimate of drug-likeness (QED) is 0.552. The zero-order chi connectivity index (χ0) is 18.1. The van der Waals surface area contributed by atoms with Crippen molar-refractivity contribution in [2.75, 3.05) is 20.2 Å². The van der Waals surface area contributed by atoms with E-state index in [2.05, 4.69) is 26.6 Å². The Bertz CT molecular complexity index is 758. The van der Waals surface area contributed by atoms with E-state index in [1.165, 1.54) is 6.08 Å². The number of nitrogens with one attached hydrogen (secondary N) is 2. The van der Waals surface area contributed by atoms with Crippen LogP contribution in [0, 0.1) is 0 Å². The Morgan fingerprint density at radius 2 is 1.92 bits per heavy atom. The van der Waals surface area contributed by atoms with Crippen LogP contribution in [0.15, 0.2) is 59.1 Å². The zero-order valence-corrected chi connectivity index (χ0v) is 15.4. The summed E-state index contributed by atoms with van der Waals surface area (Å²) in [5, 5.41) is 5.31. The van der Waals surface area contributed by atoms with Gasteiger partial charge in [-0.25, -0.2) is 0 Å². The highest BCUT2D eigenvalue weighted by Gasteiger charge is 2.01. The monoisotopic (exact) mass is 402 g/mol. The highest BCUT2D eigenvalue weighted by Crippen LogP contribution is 2.17. The molecule has 6 heteroatoms. The fraction of sp³-hybridized carbons (Fsp3) is 0.158. The molecule has 25 heavy (non-hydrogen) atoms. The molecule has 2 amide bonds. The van der Waals surface area contributed by atoms with Crippen molar-refractivity contribution < 1.29 is 14.3 Å².